The molecule has 0 amide bonds. The quantitative estimate of drug-likeness (QED) is 0.299. The highest BCUT2D eigenvalue weighted by atomic mass is 19.1. The zero-order valence-corrected chi connectivity index (χ0v) is 23.4. The van der Waals surface area contributed by atoms with E-state index in [1.165, 1.54) is 43.5 Å². The number of hydrogen-bond acceptors (Lipinski definition) is 5. The van der Waals surface area contributed by atoms with Crippen molar-refractivity contribution < 1.29 is 23.5 Å². The van der Waals surface area contributed by atoms with E-state index in [0.717, 1.165) is 24.8 Å². The number of fused-ring (bicyclic) bond motifs is 1. The molecule has 8 rings (SSSR count). The van der Waals surface area contributed by atoms with Crippen molar-refractivity contribution in [3.63, 3.8) is 0 Å². The van der Waals surface area contributed by atoms with Crippen molar-refractivity contribution in [1.29, 1.82) is 0 Å². The first-order chi connectivity index (χ1) is 19.9. The van der Waals surface area contributed by atoms with Crippen molar-refractivity contribution in [2.75, 3.05) is 6.61 Å². The van der Waals surface area contributed by atoms with Gasteiger partial charge in [0.1, 0.15) is 17.6 Å². The van der Waals surface area contributed by atoms with Crippen LogP contribution in [-0.4, -0.2) is 41.1 Å². The smallest absolute Gasteiger partial charge is 0.339 e. The molecule has 4 unspecified atom stereocenters. The molecule has 4 bridgehead atoms. The molecule has 212 valence electrons. The molecule has 4 atom stereocenters. The van der Waals surface area contributed by atoms with E-state index in [0.29, 0.717) is 28.9 Å². The normalized spacial score (nSPS) is 34.7. The molecular formula is C35H36FNO4. The summed E-state index contributed by atoms with van der Waals surface area (Å²) in [5.41, 5.74) is 1.34. The molecule has 2 aromatic carbocycles. The van der Waals surface area contributed by atoms with E-state index in [-0.39, 0.29) is 29.6 Å². The van der Waals surface area contributed by atoms with E-state index in [1.54, 1.807) is 19.2 Å². The summed E-state index contributed by atoms with van der Waals surface area (Å²) in [7, 11) is 0. The monoisotopic (exact) mass is 553 g/mol. The number of Topliss-reactive ketones (excluding diaryl/α,β-unsaturated/α-hetero) is 2. The molecule has 4 aliphatic carbocycles. The second kappa shape index (κ2) is 10.1. The summed E-state index contributed by atoms with van der Waals surface area (Å²) in [6.45, 7) is 2.00. The van der Waals surface area contributed by atoms with Gasteiger partial charge in [0.15, 0.2) is 5.78 Å². The fourth-order valence-electron chi connectivity index (χ4n) is 9.32. The van der Waals surface area contributed by atoms with E-state index in [2.05, 4.69) is 0 Å². The molecule has 2 aliphatic heterocycles. The number of hydrogen-bond donors (Lipinski definition) is 0. The van der Waals surface area contributed by atoms with Gasteiger partial charge in [-0.15, -0.1) is 0 Å². The highest BCUT2D eigenvalue weighted by molar-refractivity contribution is 6.03. The fraction of sp³-hybridized carbons (Fsp3) is 0.457. The minimum atomic E-state index is -0.731. The van der Waals surface area contributed by atoms with Crippen molar-refractivity contribution in [2.45, 2.75) is 63.5 Å². The number of carbonyl (C=O) groups excluding carboxylic acids is 3. The van der Waals surface area contributed by atoms with Gasteiger partial charge >= 0.3 is 5.97 Å². The van der Waals surface area contributed by atoms with Crippen LogP contribution in [-0.2, 0) is 14.3 Å². The van der Waals surface area contributed by atoms with Crippen LogP contribution >= 0.6 is 0 Å². The molecule has 0 N–H and O–H groups in total. The second-order valence-corrected chi connectivity index (χ2v) is 12.9. The number of benzene rings is 2. The summed E-state index contributed by atoms with van der Waals surface area (Å²) in [4.78, 5) is 44.2. The Morgan fingerprint density at radius 1 is 0.927 bits per heavy atom. The Kier molecular flexibility index (Phi) is 6.48. The van der Waals surface area contributed by atoms with Gasteiger partial charge in [-0.05, 0) is 99.1 Å². The van der Waals surface area contributed by atoms with E-state index >= 15 is 4.79 Å². The number of carbonyl (C=O) groups is 3. The number of halogens is 1. The molecule has 2 heterocycles. The maximum absolute atomic E-state index is 15.1. The molecule has 5 fully saturated rings. The van der Waals surface area contributed by atoms with Crippen LogP contribution in [0, 0.1) is 34.9 Å². The third-order valence-electron chi connectivity index (χ3n) is 10.5. The van der Waals surface area contributed by atoms with Gasteiger partial charge in [-0.25, -0.2) is 9.18 Å². The van der Waals surface area contributed by atoms with Gasteiger partial charge in [0.05, 0.1) is 24.1 Å². The van der Waals surface area contributed by atoms with Crippen molar-refractivity contribution in [3.8, 4) is 0 Å². The summed E-state index contributed by atoms with van der Waals surface area (Å²) in [6, 6.07) is 14.4. The fourth-order valence-corrected chi connectivity index (χ4v) is 9.32. The number of esters is 1. The zero-order chi connectivity index (χ0) is 28.3. The molecule has 5 nitrogen and oxygen atoms in total. The zero-order valence-electron chi connectivity index (χ0n) is 23.4. The summed E-state index contributed by atoms with van der Waals surface area (Å²) < 4.78 is 19.1. The van der Waals surface area contributed by atoms with Gasteiger partial charge in [-0.1, -0.05) is 36.4 Å². The Morgan fingerprint density at radius 2 is 1.56 bits per heavy atom. The van der Waals surface area contributed by atoms with Crippen LogP contribution in [0.25, 0.3) is 0 Å². The first-order valence-corrected chi connectivity index (χ1v) is 15.1. The maximum atomic E-state index is 15.1. The molecule has 0 radical (unpaired) electrons. The third kappa shape index (κ3) is 4.38. The Hall–Kier alpha value is -3.54. The number of nitrogens with zero attached hydrogens (tertiary/aromatic N) is 1. The lowest BCUT2D eigenvalue weighted by atomic mass is 9.47. The summed E-state index contributed by atoms with van der Waals surface area (Å²) in [5.74, 6) is 0.228. The van der Waals surface area contributed by atoms with Crippen LogP contribution < -0.4 is 0 Å². The van der Waals surface area contributed by atoms with Crippen LogP contribution in [0.15, 0.2) is 78.5 Å². The van der Waals surface area contributed by atoms with Gasteiger partial charge in [-0.2, -0.15) is 0 Å². The van der Waals surface area contributed by atoms with E-state index in [1.807, 2.05) is 41.3 Å². The Bertz CT molecular complexity index is 1390. The van der Waals surface area contributed by atoms with E-state index in [9.17, 15) is 14.0 Å². The Balaban J connectivity index is 1.36. The van der Waals surface area contributed by atoms with E-state index < -0.39 is 29.7 Å². The summed E-state index contributed by atoms with van der Waals surface area (Å²) in [6.07, 6.45) is 12.0. The standard InChI is InChI=1S/C35H36FNO4/c1-2-41-34(40)26-10-13-28-30(33(39)35-17-21-14-22(18-35)16-23(15-21)19-35)29(24-6-4-3-5-7-24)31(37(28)20-26)32(38)25-8-11-27(36)12-9-25/h3-13,20-23,28-31H,2,14-19H2,1H3. The number of rotatable bonds is 7. The Morgan fingerprint density at radius 3 is 2.17 bits per heavy atom. The molecular weight excluding hydrogens is 517 g/mol. The van der Waals surface area contributed by atoms with Crippen LogP contribution in [0.5, 0.6) is 0 Å². The van der Waals surface area contributed by atoms with Crippen molar-refractivity contribution in [2.24, 2.45) is 29.1 Å². The number of ketones is 2. The van der Waals surface area contributed by atoms with Crippen molar-refractivity contribution >= 4 is 17.5 Å². The average molecular weight is 554 g/mol. The summed E-state index contributed by atoms with van der Waals surface area (Å²) in [5, 5.41) is 0. The first-order valence-electron chi connectivity index (χ1n) is 15.1. The average Bonchev–Trinajstić information content (AvgIpc) is 3.31. The minimum absolute atomic E-state index is 0.181. The van der Waals surface area contributed by atoms with Crippen LogP contribution in [0.2, 0.25) is 0 Å². The van der Waals surface area contributed by atoms with Crippen molar-refractivity contribution in [3.05, 3.63) is 95.5 Å². The van der Waals surface area contributed by atoms with Gasteiger partial charge < -0.3 is 9.64 Å². The second-order valence-electron chi connectivity index (χ2n) is 12.9. The molecule has 2 aromatic rings. The van der Waals surface area contributed by atoms with Gasteiger partial charge in [0.25, 0.3) is 0 Å². The summed E-state index contributed by atoms with van der Waals surface area (Å²) >= 11 is 0. The SMILES string of the molecule is CCOC(=O)C1=CN2C(C=C1)C(C(=O)C13CC4CC(CC(C4)C1)C3)C(c1ccccc1)C2C(=O)c1ccc(F)cc1. The number of ether oxygens (including phenoxy) is 1. The van der Waals surface area contributed by atoms with Crippen LogP contribution in [0.1, 0.15) is 67.3 Å². The van der Waals surface area contributed by atoms with Gasteiger partial charge in [0, 0.05) is 23.1 Å². The highest BCUT2D eigenvalue weighted by Gasteiger charge is 2.61. The lowest BCUT2D eigenvalue weighted by Gasteiger charge is -2.57. The minimum Gasteiger partial charge on any atom is -0.462 e. The topological polar surface area (TPSA) is 63.7 Å². The molecule has 6 heteroatoms. The highest BCUT2D eigenvalue weighted by Crippen LogP contribution is 2.62. The molecule has 0 aromatic heterocycles. The lowest BCUT2D eigenvalue weighted by molar-refractivity contribution is -0.148. The largest absolute Gasteiger partial charge is 0.462 e. The maximum Gasteiger partial charge on any atom is 0.339 e. The lowest BCUT2D eigenvalue weighted by Crippen LogP contribution is -2.53. The predicted octanol–water partition coefficient (Wildman–Crippen LogP) is 6.26. The predicted molar refractivity (Wildman–Crippen MR) is 152 cm³/mol. The Labute approximate surface area is 240 Å². The first kappa shape index (κ1) is 26.4. The van der Waals surface area contributed by atoms with Gasteiger partial charge in [-0.3, -0.25) is 9.59 Å². The molecule has 6 aliphatic rings. The molecule has 1 saturated heterocycles. The van der Waals surface area contributed by atoms with Gasteiger partial charge in [0.2, 0.25) is 0 Å². The van der Waals surface area contributed by atoms with E-state index in [4.69, 9.17) is 4.74 Å². The van der Waals surface area contributed by atoms with Crippen LogP contribution in [0.3, 0.4) is 0 Å². The van der Waals surface area contributed by atoms with Crippen molar-refractivity contribution in [1.82, 2.24) is 4.90 Å². The molecule has 4 saturated carbocycles. The third-order valence-corrected chi connectivity index (χ3v) is 10.5. The molecule has 0 spiro atoms. The van der Waals surface area contributed by atoms with Crippen LogP contribution in [0.4, 0.5) is 4.39 Å². The molecule has 41 heavy (non-hydrogen) atoms.